The molecular formula is C22H26N2O. The van der Waals surface area contributed by atoms with Crippen LogP contribution in [0.3, 0.4) is 0 Å². The molecule has 0 amide bonds. The lowest BCUT2D eigenvalue weighted by Gasteiger charge is -2.46. The van der Waals surface area contributed by atoms with Crippen molar-refractivity contribution in [3.8, 4) is 0 Å². The summed E-state index contributed by atoms with van der Waals surface area (Å²) in [6.07, 6.45) is 3.66. The Morgan fingerprint density at radius 2 is 1.68 bits per heavy atom. The van der Waals surface area contributed by atoms with Gasteiger partial charge in [0.05, 0.1) is 5.71 Å². The minimum atomic E-state index is 0.175. The van der Waals surface area contributed by atoms with Gasteiger partial charge < -0.3 is 5.21 Å². The molecule has 3 rings (SSSR count). The van der Waals surface area contributed by atoms with Gasteiger partial charge in [0.25, 0.3) is 0 Å². The van der Waals surface area contributed by atoms with Crippen molar-refractivity contribution in [2.75, 3.05) is 6.54 Å². The predicted molar refractivity (Wildman–Crippen MR) is 103 cm³/mol. The maximum atomic E-state index is 9.69. The summed E-state index contributed by atoms with van der Waals surface area (Å²) in [5.74, 6) is 0.201. The van der Waals surface area contributed by atoms with Gasteiger partial charge in [-0.2, -0.15) is 0 Å². The minimum absolute atomic E-state index is 0.175. The van der Waals surface area contributed by atoms with Crippen molar-refractivity contribution < 1.29 is 5.21 Å². The van der Waals surface area contributed by atoms with E-state index in [4.69, 9.17) is 0 Å². The summed E-state index contributed by atoms with van der Waals surface area (Å²) in [7, 11) is 0. The number of hydrogen-bond acceptors (Lipinski definition) is 3. The lowest BCUT2D eigenvalue weighted by atomic mass is 9.77. The number of likely N-dealkylation sites (tertiary alicyclic amines) is 1. The van der Waals surface area contributed by atoms with Gasteiger partial charge in [0.15, 0.2) is 0 Å². The van der Waals surface area contributed by atoms with Crippen molar-refractivity contribution in [3.05, 3.63) is 84.4 Å². The summed E-state index contributed by atoms with van der Waals surface area (Å²) >= 11 is 0. The molecule has 1 heterocycles. The number of hydrogen-bond donors (Lipinski definition) is 1. The molecule has 1 aliphatic rings. The fourth-order valence-corrected chi connectivity index (χ4v) is 4.10. The van der Waals surface area contributed by atoms with Crippen molar-refractivity contribution in [3.63, 3.8) is 0 Å². The summed E-state index contributed by atoms with van der Waals surface area (Å²) in [5, 5.41) is 13.4. The van der Waals surface area contributed by atoms with E-state index in [1.165, 1.54) is 11.1 Å². The first-order valence-corrected chi connectivity index (χ1v) is 8.97. The van der Waals surface area contributed by atoms with Crippen LogP contribution in [0.25, 0.3) is 0 Å². The third-order valence-electron chi connectivity index (χ3n) is 5.20. The molecule has 1 N–H and O–H groups in total. The van der Waals surface area contributed by atoms with E-state index in [2.05, 4.69) is 72.1 Å². The first-order valence-electron chi connectivity index (χ1n) is 8.97. The van der Waals surface area contributed by atoms with Gasteiger partial charge in [0.2, 0.25) is 0 Å². The fourth-order valence-electron chi connectivity index (χ4n) is 4.10. The van der Waals surface area contributed by atoms with Crippen LogP contribution in [-0.4, -0.2) is 22.4 Å². The van der Waals surface area contributed by atoms with Crippen LogP contribution in [0.1, 0.15) is 43.0 Å². The molecule has 130 valence electrons. The number of benzene rings is 2. The minimum Gasteiger partial charge on any atom is -0.411 e. The highest BCUT2D eigenvalue weighted by atomic mass is 16.4. The molecule has 0 spiro atoms. The van der Waals surface area contributed by atoms with Crippen molar-refractivity contribution in [1.29, 1.82) is 0 Å². The highest BCUT2D eigenvalue weighted by molar-refractivity contribution is 5.88. The van der Waals surface area contributed by atoms with Crippen LogP contribution in [0.15, 0.2) is 78.5 Å². The van der Waals surface area contributed by atoms with E-state index in [-0.39, 0.29) is 18.0 Å². The third-order valence-corrected chi connectivity index (χ3v) is 5.20. The molecule has 2 aromatic carbocycles. The Morgan fingerprint density at radius 3 is 2.20 bits per heavy atom. The van der Waals surface area contributed by atoms with Crippen molar-refractivity contribution >= 4 is 5.71 Å². The zero-order valence-electron chi connectivity index (χ0n) is 14.8. The quantitative estimate of drug-likeness (QED) is 0.462. The lowest BCUT2D eigenvalue weighted by Crippen LogP contribution is -2.45. The van der Waals surface area contributed by atoms with Crippen molar-refractivity contribution in [2.24, 2.45) is 11.1 Å². The number of piperidine rings is 1. The van der Waals surface area contributed by atoms with E-state index in [1.54, 1.807) is 0 Å². The number of nitrogens with zero attached hydrogens (tertiary/aromatic N) is 2. The van der Waals surface area contributed by atoms with Crippen LogP contribution in [0.4, 0.5) is 0 Å². The molecule has 1 saturated heterocycles. The normalized spacial score (nSPS) is 25.8. The second-order valence-corrected chi connectivity index (χ2v) is 6.58. The van der Waals surface area contributed by atoms with Gasteiger partial charge in [-0.1, -0.05) is 78.8 Å². The second-order valence-electron chi connectivity index (χ2n) is 6.58. The molecule has 25 heavy (non-hydrogen) atoms. The van der Waals surface area contributed by atoms with Crippen LogP contribution in [0, 0.1) is 5.92 Å². The molecule has 3 atom stereocenters. The lowest BCUT2D eigenvalue weighted by molar-refractivity contribution is 0.101. The maximum Gasteiger partial charge on any atom is 0.0639 e. The summed E-state index contributed by atoms with van der Waals surface area (Å²) in [4.78, 5) is 2.50. The molecule has 0 aromatic heterocycles. The van der Waals surface area contributed by atoms with Crippen LogP contribution in [-0.2, 0) is 0 Å². The van der Waals surface area contributed by atoms with Gasteiger partial charge in [0.1, 0.15) is 0 Å². The molecule has 0 radical (unpaired) electrons. The van der Waals surface area contributed by atoms with Crippen LogP contribution >= 0.6 is 0 Å². The summed E-state index contributed by atoms with van der Waals surface area (Å²) in [5.41, 5.74) is 3.41. The standard InChI is InChI=1S/C22H26N2O/c1-3-15-24-21(17-11-7-5-8-12-17)16-20(23-25)19(4-2)22(24)18-13-9-6-10-14-18/h3,5-14,19,21-22,25H,1,4,15-16H2,2H3/b23-20+/t19-,21+,22+/m1/s1. The van der Waals surface area contributed by atoms with E-state index in [0.29, 0.717) is 0 Å². The third kappa shape index (κ3) is 3.52. The van der Waals surface area contributed by atoms with Crippen LogP contribution < -0.4 is 0 Å². The molecule has 3 nitrogen and oxygen atoms in total. The molecule has 0 bridgehead atoms. The number of rotatable bonds is 5. The Morgan fingerprint density at radius 1 is 1.08 bits per heavy atom. The van der Waals surface area contributed by atoms with E-state index < -0.39 is 0 Å². The second kappa shape index (κ2) is 8.13. The Labute approximate surface area is 150 Å². The Hall–Kier alpha value is -2.39. The molecule has 2 aromatic rings. The van der Waals surface area contributed by atoms with Gasteiger partial charge in [-0.25, -0.2) is 0 Å². The van der Waals surface area contributed by atoms with Crippen molar-refractivity contribution in [1.82, 2.24) is 4.90 Å². The van der Waals surface area contributed by atoms with Gasteiger partial charge in [-0.05, 0) is 17.5 Å². The Balaban J connectivity index is 2.10. The molecule has 3 heteroatoms. The molecular weight excluding hydrogens is 308 g/mol. The zero-order valence-corrected chi connectivity index (χ0v) is 14.8. The average Bonchev–Trinajstić information content (AvgIpc) is 2.68. The van der Waals surface area contributed by atoms with Crippen LogP contribution in [0.5, 0.6) is 0 Å². The molecule has 0 unspecified atom stereocenters. The SMILES string of the molecule is C=CCN1[C@H](c2ccccc2)C/C(=N\O)[C@@H](CC)[C@@H]1c1ccccc1. The predicted octanol–water partition coefficient (Wildman–Crippen LogP) is 5.22. The van der Waals surface area contributed by atoms with E-state index in [1.807, 2.05) is 18.2 Å². The summed E-state index contributed by atoms with van der Waals surface area (Å²) in [6.45, 7) is 6.95. The topological polar surface area (TPSA) is 35.8 Å². The maximum absolute atomic E-state index is 9.69. The van der Waals surface area contributed by atoms with Crippen LogP contribution in [0.2, 0.25) is 0 Å². The average molecular weight is 334 g/mol. The highest BCUT2D eigenvalue weighted by Crippen LogP contribution is 2.44. The van der Waals surface area contributed by atoms with Gasteiger partial charge in [0, 0.05) is 31.0 Å². The molecule has 0 saturated carbocycles. The monoisotopic (exact) mass is 334 g/mol. The summed E-state index contributed by atoms with van der Waals surface area (Å²) < 4.78 is 0. The van der Waals surface area contributed by atoms with E-state index >= 15 is 0 Å². The first-order chi connectivity index (χ1) is 12.3. The van der Waals surface area contributed by atoms with Gasteiger partial charge in [-0.3, -0.25) is 4.90 Å². The smallest absolute Gasteiger partial charge is 0.0639 e. The Bertz CT molecular complexity index is 711. The van der Waals surface area contributed by atoms with E-state index in [0.717, 1.165) is 25.1 Å². The largest absolute Gasteiger partial charge is 0.411 e. The first kappa shape index (κ1) is 17.4. The zero-order chi connectivity index (χ0) is 17.6. The fraction of sp³-hybridized carbons (Fsp3) is 0.318. The number of oxime groups is 1. The van der Waals surface area contributed by atoms with E-state index in [9.17, 15) is 5.21 Å². The molecule has 1 aliphatic heterocycles. The van der Waals surface area contributed by atoms with Crippen molar-refractivity contribution in [2.45, 2.75) is 31.8 Å². The van der Waals surface area contributed by atoms with Gasteiger partial charge in [-0.15, -0.1) is 6.58 Å². The highest BCUT2D eigenvalue weighted by Gasteiger charge is 2.41. The molecule has 1 fully saturated rings. The van der Waals surface area contributed by atoms with Gasteiger partial charge >= 0.3 is 0 Å². The summed E-state index contributed by atoms with van der Waals surface area (Å²) in [6, 6.07) is 21.4. The Kier molecular flexibility index (Phi) is 5.67. The molecule has 0 aliphatic carbocycles.